The van der Waals surface area contributed by atoms with Crippen molar-refractivity contribution in [3.8, 4) is 5.75 Å². The van der Waals surface area contributed by atoms with E-state index in [-0.39, 0.29) is 6.61 Å². The summed E-state index contributed by atoms with van der Waals surface area (Å²) < 4.78 is 6.82. The number of hydrogen-bond acceptors (Lipinski definition) is 2. The number of aliphatic hydroxyl groups is 1. The molecular formula is C16H15BrO2. The molecule has 0 heterocycles. The van der Waals surface area contributed by atoms with Gasteiger partial charge in [0.1, 0.15) is 5.75 Å². The Morgan fingerprint density at radius 2 is 2.05 bits per heavy atom. The predicted molar refractivity (Wildman–Crippen MR) is 78.4 cm³/mol. The van der Waals surface area contributed by atoms with Crippen LogP contribution in [0, 0.1) is 0 Å². The van der Waals surface area contributed by atoms with Gasteiger partial charge in [-0.2, -0.15) is 0 Å². The largest absolute Gasteiger partial charge is 0.493 e. The summed E-state index contributed by atoms with van der Waals surface area (Å²) in [6, 6.07) is 14.2. The van der Waals surface area contributed by atoms with Crippen LogP contribution in [-0.2, 0) is 13.0 Å². The lowest BCUT2D eigenvalue weighted by Crippen LogP contribution is -2.23. The molecule has 0 amide bonds. The number of fused-ring (bicyclic) bond motifs is 1. The van der Waals surface area contributed by atoms with Gasteiger partial charge in [0, 0.05) is 16.0 Å². The Morgan fingerprint density at radius 3 is 2.84 bits per heavy atom. The van der Waals surface area contributed by atoms with E-state index in [1.807, 2.05) is 18.2 Å². The molecule has 0 saturated heterocycles. The Labute approximate surface area is 121 Å². The molecule has 0 radical (unpaired) electrons. The number of ether oxygens (including phenoxy) is 1. The minimum atomic E-state index is -0.00394. The van der Waals surface area contributed by atoms with Gasteiger partial charge in [0.05, 0.1) is 13.2 Å². The van der Waals surface area contributed by atoms with Gasteiger partial charge in [0.2, 0.25) is 0 Å². The Hall–Kier alpha value is -1.32. The molecule has 0 bridgehead atoms. The molecular weight excluding hydrogens is 304 g/mol. The number of rotatable bonds is 4. The molecule has 2 aromatic rings. The zero-order valence-electron chi connectivity index (χ0n) is 10.5. The molecule has 0 aromatic heterocycles. The first-order chi connectivity index (χ1) is 9.28. The molecule has 2 aromatic carbocycles. The molecule has 1 atom stereocenters. The highest BCUT2D eigenvalue weighted by molar-refractivity contribution is 9.10. The van der Waals surface area contributed by atoms with Gasteiger partial charge in [-0.3, -0.25) is 0 Å². The van der Waals surface area contributed by atoms with Crippen molar-refractivity contribution in [3.05, 3.63) is 63.6 Å². The van der Waals surface area contributed by atoms with E-state index in [9.17, 15) is 5.11 Å². The Balaban J connectivity index is 1.68. The van der Waals surface area contributed by atoms with Crippen LogP contribution in [0.5, 0.6) is 5.75 Å². The topological polar surface area (TPSA) is 29.5 Å². The maximum absolute atomic E-state index is 9.34. The highest BCUT2D eigenvalue weighted by Gasteiger charge is 2.26. The van der Waals surface area contributed by atoms with Gasteiger partial charge in [-0.15, -0.1) is 0 Å². The van der Waals surface area contributed by atoms with E-state index < -0.39 is 0 Å². The zero-order valence-corrected chi connectivity index (χ0v) is 12.1. The summed E-state index contributed by atoms with van der Waals surface area (Å²) in [5, 5.41) is 9.34. The fourth-order valence-electron chi connectivity index (χ4n) is 2.51. The lowest BCUT2D eigenvalue weighted by molar-refractivity contribution is 0.248. The standard InChI is InChI=1S/C16H15BrO2/c17-14-5-6-16(12(8-14)9-18)19-10-13-7-11-3-1-2-4-15(11)13/h1-6,8,13,18H,7,9-10H2. The lowest BCUT2D eigenvalue weighted by atomic mass is 9.78. The summed E-state index contributed by atoms with van der Waals surface area (Å²) >= 11 is 3.40. The van der Waals surface area contributed by atoms with E-state index in [2.05, 4.69) is 40.2 Å². The Bertz CT molecular complexity index is 595. The number of hydrogen-bond donors (Lipinski definition) is 1. The Kier molecular flexibility index (Phi) is 3.58. The molecule has 3 heteroatoms. The monoisotopic (exact) mass is 318 g/mol. The number of halogens is 1. The molecule has 0 fully saturated rings. The van der Waals surface area contributed by atoms with Crippen molar-refractivity contribution in [1.82, 2.24) is 0 Å². The molecule has 1 N–H and O–H groups in total. The molecule has 1 aliphatic rings. The molecule has 1 unspecified atom stereocenters. The lowest BCUT2D eigenvalue weighted by Gasteiger charge is -2.30. The van der Waals surface area contributed by atoms with Crippen LogP contribution in [0.25, 0.3) is 0 Å². The van der Waals surface area contributed by atoms with Crippen LogP contribution in [0.4, 0.5) is 0 Å². The van der Waals surface area contributed by atoms with Crippen molar-refractivity contribution in [2.45, 2.75) is 18.9 Å². The molecule has 0 spiro atoms. The summed E-state index contributed by atoms with van der Waals surface area (Å²) in [4.78, 5) is 0. The van der Waals surface area contributed by atoms with Crippen LogP contribution in [0.2, 0.25) is 0 Å². The minimum absolute atomic E-state index is 0.00394. The fraction of sp³-hybridized carbons (Fsp3) is 0.250. The van der Waals surface area contributed by atoms with Gasteiger partial charge in [-0.25, -0.2) is 0 Å². The smallest absolute Gasteiger partial charge is 0.124 e. The molecule has 1 aliphatic carbocycles. The first-order valence-corrected chi connectivity index (χ1v) is 7.17. The van der Waals surface area contributed by atoms with E-state index in [1.165, 1.54) is 11.1 Å². The van der Waals surface area contributed by atoms with Crippen LogP contribution < -0.4 is 4.74 Å². The average molecular weight is 319 g/mol. The van der Waals surface area contributed by atoms with Crippen LogP contribution in [0.1, 0.15) is 22.6 Å². The highest BCUT2D eigenvalue weighted by atomic mass is 79.9. The zero-order chi connectivity index (χ0) is 13.2. The molecule has 3 rings (SSSR count). The third kappa shape index (κ3) is 2.53. The van der Waals surface area contributed by atoms with Crippen molar-refractivity contribution in [2.75, 3.05) is 6.61 Å². The van der Waals surface area contributed by atoms with Crippen molar-refractivity contribution in [3.63, 3.8) is 0 Å². The quantitative estimate of drug-likeness (QED) is 0.932. The van der Waals surface area contributed by atoms with Crippen molar-refractivity contribution >= 4 is 15.9 Å². The summed E-state index contributed by atoms with van der Waals surface area (Å²) in [6.07, 6.45) is 1.08. The van der Waals surface area contributed by atoms with E-state index in [4.69, 9.17) is 4.74 Å². The summed E-state index contributed by atoms with van der Waals surface area (Å²) in [6.45, 7) is 0.668. The van der Waals surface area contributed by atoms with Crippen LogP contribution in [0.15, 0.2) is 46.9 Å². The number of aliphatic hydroxyl groups excluding tert-OH is 1. The minimum Gasteiger partial charge on any atom is -0.493 e. The van der Waals surface area contributed by atoms with Gasteiger partial charge in [0.25, 0.3) is 0 Å². The second kappa shape index (κ2) is 5.35. The van der Waals surface area contributed by atoms with Crippen LogP contribution in [-0.4, -0.2) is 11.7 Å². The van der Waals surface area contributed by atoms with E-state index in [1.54, 1.807) is 0 Å². The van der Waals surface area contributed by atoms with Gasteiger partial charge in [-0.1, -0.05) is 40.2 Å². The van der Waals surface area contributed by atoms with Gasteiger partial charge >= 0.3 is 0 Å². The summed E-state index contributed by atoms with van der Waals surface area (Å²) in [5.74, 6) is 1.25. The maximum atomic E-state index is 9.34. The normalized spacial score (nSPS) is 16.6. The first kappa shape index (κ1) is 12.7. The van der Waals surface area contributed by atoms with Crippen molar-refractivity contribution in [1.29, 1.82) is 0 Å². The second-order valence-corrected chi connectivity index (χ2v) is 5.74. The van der Waals surface area contributed by atoms with Crippen molar-refractivity contribution < 1.29 is 9.84 Å². The van der Waals surface area contributed by atoms with Crippen LogP contribution >= 0.6 is 15.9 Å². The van der Waals surface area contributed by atoms with Gasteiger partial charge in [-0.05, 0) is 35.7 Å². The van der Waals surface area contributed by atoms with E-state index >= 15 is 0 Å². The van der Waals surface area contributed by atoms with Gasteiger partial charge in [0.15, 0.2) is 0 Å². The third-order valence-electron chi connectivity index (χ3n) is 3.59. The van der Waals surface area contributed by atoms with Gasteiger partial charge < -0.3 is 9.84 Å². The maximum Gasteiger partial charge on any atom is 0.124 e. The Morgan fingerprint density at radius 1 is 1.21 bits per heavy atom. The SMILES string of the molecule is OCc1cc(Br)ccc1OCC1Cc2ccccc21. The third-order valence-corrected chi connectivity index (χ3v) is 4.09. The fourth-order valence-corrected chi connectivity index (χ4v) is 2.92. The molecule has 19 heavy (non-hydrogen) atoms. The molecule has 0 saturated carbocycles. The van der Waals surface area contributed by atoms with E-state index in [0.29, 0.717) is 12.5 Å². The van der Waals surface area contributed by atoms with Crippen molar-refractivity contribution in [2.24, 2.45) is 0 Å². The van der Waals surface area contributed by atoms with E-state index in [0.717, 1.165) is 22.2 Å². The molecule has 2 nitrogen and oxygen atoms in total. The average Bonchev–Trinajstić information content (AvgIpc) is 2.41. The first-order valence-electron chi connectivity index (χ1n) is 6.38. The highest BCUT2D eigenvalue weighted by Crippen LogP contribution is 2.35. The van der Waals surface area contributed by atoms with Crippen LogP contribution in [0.3, 0.4) is 0 Å². The number of benzene rings is 2. The summed E-state index contributed by atoms with van der Waals surface area (Å²) in [5.41, 5.74) is 3.64. The predicted octanol–water partition coefficient (Wildman–Crippen LogP) is 3.66. The second-order valence-electron chi connectivity index (χ2n) is 4.82. The summed E-state index contributed by atoms with van der Waals surface area (Å²) in [7, 11) is 0. The molecule has 98 valence electrons. The molecule has 0 aliphatic heterocycles.